The van der Waals surface area contributed by atoms with Gasteiger partial charge in [-0.3, -0.25) is 0 Å². The van der Waals surface area contributed by atoms with Crippen LogP contribution in [0.15, 0.2) is 250 Å². The molecular weight excluding hydrogens is 1100 g/mol. The topological polar surface area (TPSA) is 6.48 Å². The van der Waals surface area contributed by atoms with Crippen LogP contribution in [0.1, 0.15) is 105 Å². The highest BCUT2D eigenvalue weighted by atomic mass is 32.2. The van der Waals surface area contributed by atoms with E-state index in [2.05, 4.69) is 323 Å². The molecule has 0 atom stereocenters. The van der Waals surface area contributed by atoms with Gasteiger partial charge in [-0.25, -0.2) is 0 Å². The maximum Gasteiger partial charge on any atom is 0.249 e. The Bertz CT molecular complexity index is 4530. The number of hydrogen-bond acceptors (Lipinski definition) is 4. The van der Waals surface area contributed by atoms with Crippen molar-refractivity contribution in [3.63, 3.8) is 0 Å². The van der Waals surface area contributed by atoms with Crippen LogP contribution in [0.5, 0.6) is 0 Å². The van der Waals surface area contributed by atoms with Crippen LogP contribution < -0.4 is 42.6 Å². The molecule has 4 aliphatic heterocycles. The zero-order valence-corrected chi connectivity index (χ0v) is 54.4. The van der Waals surface area contributed by atoms with Gasteiger partial charge in [-0.15, -0.1) is 0 Å². The molecule has 0 amide bonds. The van der Waals surface area contributed by atoms with Crippen LogP contribution in [0.4, 0.5) is 34.1 Å². The van der Waals surface area contributed by atoms with E-state index >= 15 is 0 Å². The largest absolute Gasteiger partial charge is 0.311 e. The van der Waals surface area contributed by atoms with Crippen LogP contribution in [0.25, 0.3) is 44.5 Å². The minimum absolute atomic E-state index is 0.0208. The lowest BCUT2D eigenvalue weighted by atomic mass is 9.31. The van der Waals surface area contributed by atoms with Gasteiger partial charge in [-0.2, -0.15) is 0 Å². The van der Waals surface area contributed by atoms with E-state index in [0.29, 0.717) is 0 Å². The average molecular weight is 1170 g/mol. The average Bonchev–Trinajstić information content (AvgIpc) is 0.713. The summed E-state index contributed by atoms with van der Waals surface area (Å²) in [5, 5.41) is 0. The fourth-order valence-corrected chi connectivity index (χ4v) is 17.6. The molecule has 0 saturated carbocycles. The summed E-state index contributed by atoms with van der Waals surface area (Å²) < 4.78 is 0. The molecule has 6 heteroatoms. The molecule has 0 unspecified atom stereocenters. The van der Waals surface area contributed by atoms with Crippen LogP contribution in [0, 0.1) is 0 Å². The van der Waals surface area contributed by atoms with Gasteiger partial charge in [0.2, 0.25) is 13.4 Å². The number of nitrogens with zero attached hydrogens (tertiary/aromatic N) is 2. The number of para-hydroxylation sites is 1. The summed E-state index contributed by atoms with van der Waals surface area (Å²) in [6.45, 7) is 28.4. The van der Waals surface area contributed by atoms with Crippen molar-refractivity contribution in [2.75, 3.05) is 9.80 Å². The second-order valence-corrected chi connectivity index (χ2v) is 31.0. The minimum atomic E-state index is -0.239. The van der Waals surface area contributed by atoms with Crippen molar-refractivity contribution in [1.82, 2.24) is 0 Å². The molecule has 0 saturated heterocycles. The Kier molecular flexibility index (Phi) is 13.3. The minimum Gasteiger partial charge on any atom is -0.311 e. The van der Waals surface area contributed by atoms with E-state index in [1.807, 2.05) is 23.5 Å². The summed E-state index contributed by atoms with van der Waals surface area (Å²) in [6, 6.07) is 88.5. The summed E-state index contributed by atoms with van der Waals surface area (Å²) >= 11 is 4.03. The third-order valence-electron chi connectivity index (χ3n) is 18.9. The zero-order valence-electron chi connectivity index (χ0n) is 52.8. The summed E-state index contributed by atoms with van der Waals surface area (Å²) in [5.74, 6) is 0. The Morgan fingerprint density at radius 2 is 0.682 bits per heavy atom. The molecule has 4 heterocycles. The molecule has 2 nitrogen and oxygen atoms in total. The van der Waals surface area contributed by atoms with Crippen molar-refractivity contribution in [3.05, 3.63) is 253 Å². The number of benzene rings is 11. The fourth-order valence-electron chi connectivity index (χ4n) is 14.4. The van der Waals surface area contributed by atoms with E-state index < -0.39 is 0 Å². The highest BCUT2D eigenvalue weighted by Crippen LogP contribution is 2.54. The van der Waals surface area contributed by atoms with Gasteiger partial charge in [0, 0.05) is 59.1 Å². The lowest BCUT2D eigenvalue weighted by Crippen LogP contribution is -2.64. The standard InChI is InChI=1S/C82H74B2N2S2/c1-79(2,3)57-36-40-60(41-37-57)85-67-48-58(80(4,5)6)38-42-63(67)83-65-50-66-78(73(82(10,11)12)77(65)87-71-46-55(44-69(85)74(71)83)51-26-17-13-18-27-51)88-72-47-56(52-28-19-14-20-29-52)45-70-75(72)84(66)64-43-39-59(81(7,8)9)49-68(64)86(70)76-61(53-30-21-15-22-31-53)34-25-35-62(76)54-32-23-16-24-33-54/h13-50H,1-12H3. The van der Waals surface area contributed by atoms with Crippen LogP contribution in [-0.4, -0.2) is 13.4 Å². The first-order valence-corrected chi connectivity index (χ1v) is 33.1. The lowest BCUT2D eigenvalue weighted by Gasteiger charge is -2.45. The molecule has 4 aliphatic rings. The number of fused-ring (bicyclic) bond motifs is 8. The molecular formula is C82H74B2N2S2. The summed E-state index contributed by atoms with van der Waals surface area (Å²) in [4.78, 5) is 10.7. The second-order valence-electron chi connectivity index (χ2n) is 28.9. The first kappa shape index (κ1) is 56.4. The van der Waals surface area contributed by atoms with Crippen LogP contribution in [0.3, 0.4) is 0 Å². The Hall–Kier alpha value is -8.15. The van der Waals surface area contributed by atoms with E-state index in [-0.39, 0.29) is 35.1 Å². The molecule has 88 heavy (non-hydrogen) atoms. The Morgan fingerprint density at radius 1 is 0.295 bits per heavy atom. The van der Waals surface area contributed by atoms with Gasteiger partial charge in [0.1, 0.15) is 0 Å². The van der Waals surface area contributed by atoms with Gasteiger partial charge >= 0.3 is 0 Å². The summed E-state index contributed by atoms with van der Waals surface area (Å²) in [5.41, 5.74) is 30.3. The molecule has 0 aromatic heterocycles. The Morgan fingerprint density at radius 3 is 1.09 bits per heavy atom. The summed E-state index contributed by atoms with van der Waals surface area (Å²) in [6.07, 6.45) is 0. The Balaban J connectivity index is 1.05. The Labute approximate surface area is 531 Å². The molecule has 15 rings (SSSR count). The second kappa shape index (κ2) is 20.7. The van der Waals surface area contributed by atoms with E-state index in [9.17, 15) is 0 Å². The molecule has 0 fully saturated rings. The zero-order chi connectivity index (χ0) is 60.8. The van der Waals surface area contributed by atoms with Crippen LogP contribution in [-0.2, 0) is 21.7 Å². The van der Waals surface area contributed by atoms with Crippen LogP contribution >= 0.6 is 23.5 Å². The number of hydrogen-bond donors (Lipinski definition) is 0. The highest BCUT2D eigenvalue weighted by molar-refractivity contribution is 8.01. The molecule has 0 aliphatic carbocycles. The van der Waals surface area contributed by atoms with E-state index in [4.69, 9.17) is 0 Å². The van der Waals surface area contributed by atoms with Gasteiger partial charge in [0.05, 0.1) is 5.69 Å². The maximum absolute atomic E-state index is 2.73. The number of rotatable bonds is 6. The monoisotopic (exact) mass is 1170 g/mol. The van der Waals surface area contributed by atoms with E-state index in [1.165, 1.54) is 153 Å². The number of anilines is 6. The van der Waals surface area contributed by atoms with Gasteiger partial charge in [-0.05, 0) is 148 Å². The van der Waals surface area contributed by atoms with Crippen molar-refractivity contribution in [3.8, 4) is 44.5 Å². The third-order valence-corrected chi connectivity index (χ3v) is 21.3. The van der Waals surface area contributed by atoms with Gasteiger partial charge in [-0.1, -0.05) is 300 Å². The van der Waals surface area contributed by atoms with Gasteiger partial charge in [0.15, 0.2) is 0 Å². The molecule has 11 aromatic rings. The molecule has 0 bridgehead atoms. The molecule has 0 radical (unpaired) electrons. The van der Waals surface area contributed by atoms with Crippen LogP contribution in [0.2, 0.25) is 0 Å². The molecule has 0 spiro atoms. The van der Waals surface area contributed by atoms with E-state index in [0.717, 1.165) is 0 Å². The maximum atomic E-state index is 2.73. The van der Waals surface area contributed by atoms with Crippen molar-refractivity contribution in [1.29, 1.82) is 0 Å². The normalized spacial score (nSPS) is 14.0. The van der Waals surface area contributed by atoms with Gasteiger partial charge in [0.25, 0.3) is 0 Å². The smallest absolute Gasteiger partial charge is 0.249 e. The summed E-state index contributed by atoms with van der Waals surface area (Å²) in [7, 11) is 0. The lowest BCUT2D eigenvalue weighted by molar-refractivity contribution is 0.567. The van der Waals surface area contributed by atoms with Crippen molar-refractivity contribution in [2.45, 2.75) is 124 Å². The predicted molar refractivity (Wildman–Crippen MR) is 383 cm³/mol. The SMILES string of the molecule is CC(C)(C)c1ccc(N2c3cc(C(C)(C)C)ccc3B3c4cc5c(c(C(C)(C)C)c4Sc4cc(-c6ccccc6)cc2c43)Sc2cc(-c3ccccc3)cc3c2B5c2ccc(C(C)(C)C)cc2N3c2c(-c3ccccc3)cccc2-c2ccccc2)cc1. The van der Waals surface area contributed by atoms with Crippen molar-refractivity contribution in [2.24, 2.45) is 0 Å². The molecule has 0 N–H and O–H groups in total. The molecule has 430 valence electrons. The van der Waals surface area contributed by atoms with Crippen molar-refractivity contribution < 1.29 is 0 Å². The van der Waals surface area contributed by atoms with Gasteiger partial charge < -0.3 is 9.80 Å². The van der Waals surface area contributed by atoms with E-state index in [1.54, 1.807) is 0 Å². The predicted octanol–water partition coefficient (Wildman–Crippen LogP) is 19.1. The fraction of sp³-hybridized carbons (Fsp3) is 0.195. The first-order chi connectivity index (χ1) is 42.2. The van der Waals surface area contributed by atoms with Crippen molar-refractivity contribution >= 4 is 104 Å². The quantitative estimate of drug-likeness (QED) is 0.153. The first-order valence-electron chi connectivity index (χ1n) is 31.5. The third kappa shape index (κ3) is 9.34. The molecule has 11 aromatic carbocycles. The highest BCUT2D eigenvalue weighted by Gasteiger charge is 2.49.